The van der Waals surface area contributed by atoms with E-state index in [1.165, 1.54) is 6.92 Å². The number of carbonyl (C=O) groups is 2. The number of para-hydroxylation sites is 2. The Morgan fingerprint density at radius 3 is 2.73 bits per heavy atom. The number of rotatable bonds is 7. The second-order valence-electron chi connectivity index (χ2n) is 5.04. The zero-order chi connectivity index (χ0) is 15.9. The summed E-state index contributed by atoms with van der Waals surface area (Å²) in [5, 5.41) is 5.34. The number of fused-ring (bicyclic) bond motifs is 1. The molecule has 0 fully saturated rings. The van der Waals surface area contributed by atoms with E-state index < -0.39 is 0 Å². The molecule has 7 heteroatoms. The molecular formula is C15H20N4O3. The molecule has 0 atom stereocenters. The molecule has 0 aliphatic carbocycles. The largest absolute Gasteiger partial charge is 0.356 e. The summed E-state index contributed by atoms with van der Waals surface area (Å²) >= 11 is 0. The van der Waals surface area contributed by atoms with Gasteiger partial charge in [0, 0.05) is 33.0 Å². The van der Waals surface area contributed by atoms with E-state index >= 15 is 0 Å². The van der Waals surface area contributed by atoms with Crippen molar-refractivity contribution < 1.29 is 9.59 Å². The van der Waals surface area contributed by atoms with Crippen molar-refractivity contribution in [3.8, 4) is 0 Å². The Hall–Kier alpha value is -2.57. The number of aryl methyl sites for hydroxylation is 1. The first-order valence-electron chi connectivity index (χ1n) is 7.26. The van der Waals surface area contributed by atoms with E-state index in [1.54, 1.807) is 4.57 Å². The molecule has 2 rings (SSSR count). The first kappa shape index (κ1) is 15.8. The minimum absolute atomic E-state index is 0.111. The summed E-state index contributed by atoms with van der Waals surface area (Å²) in [5.41, 5.74) is 1.54. The van der Waals surface area contributed by atoms with Crippen molar-refractivity contribution in [2.75, 3.05) is 13.1 Å². The maximum Gasteiger partial charge on any atom is 0.326 e. The number of amides is 2. The van der Waals surface area contributed by atoms with Crippen LogP contribution in [0.2, 0.25) is 0 Å². The number of carbonyl (C=O) groups excluding carboxylic acids is 2. The topological polar surface area (TPSA) is 96.0 Å². The first-order chi connectivity index (χ1) is 10.6. The molecule has 0 saturated heterocycles. The van der Waals surface area contributed by atoms with Gasteiger partial charge in [-0.15, -0.1) is 0 Å². The lowest BCUT2D eigenvalue weighted by Crippen LogP contribution is -2.30. The van der Waals surface area contributed by atoms with Crippen molar-refractivity contribution in [3.05, 3.63) is 34.7 Å². The third-order valence-electron chi connectivity index (χ3n) is 3.29. The smallest absolute Gasteiger partial charge is 0.326 e. The molecule has 7 nitrogen and oxygen atoms in total. The molecule has 0 aliphatic rings. The Morgan fingerprint density at radius 1 is 1.18 bits per heavy atom. The molecule has 2 amide bonds. The van der Waals surface area contributed by atoms with Gasteiger partial charge in [0.1, 0.15) is 0 Å². The number of hydrogen-bond acceptors (Lipinski definition) is 3. The van der Waals surface area contributed by atoms with Crippen molar-refractivity contribution in [1.82, 2.24) is 20.2 Å². The highest BCUT2D eigenvalue weighted by atomic mass is 16.2. The third kappa shape index (κ3) is 4.21. The minimum Gasteiger partial charge on any atom is -0.356 e. The number of aromatic amines is 1. The Balaban J connectivity index is 1.76. The lowest BCUT2D eigenvalue weighted by Gasteiger charge is -2.06. The van der Waals surface area contributed by atoms with Gasteiger partial charge in [-0.3, -0.25) is 14.2 Å². The summed E-state index contributed by atoms with van der Waals surface area (Å²) in [7, 11) is 0. The molecule has 0 radical (unpaired) electrons. The van der Waals surface area contributed by atoms with Gasteiger partial charge in [-0.25, -0.2) is 4.79 Å². The van der Waals surface area contributed by atoms with E-state index in [4.69, 9.17) is 0 Å². The van der Waals surface area contributed by atoms with Crippen LogP contribution in [0, 0.1) is 0 Å². The summed E-state index contributed by atoms with van der Waals surface area (Å²) in [6.07, 6.45) is 0.917. The average Bonchev–Trinajstić information content (AvgIpc) is 2.79. The maximum atomic E-state index is 11.9. The number of nitrogens with zero attached hydrogens (tertiary/aromatic N) is 1. The van der Waals surface area contributed by atoms with Crippen LogP contribution in [0.4, 0.5) is 0 Å². The van der Waals surface area contributed by atoms with Gasteiger partial charge in [-0.05, 0) is 18.6 Å². The third-order valence-corrected chi connectivity index (χ3v) is 3.29. The molecule has 0 bridgehead atoms. The molecule has 3 N–H and O–H groups in total. The lowest BCUT2D eigenvalue weighted by molar-refractivity contribution is -0.121. The molecule has 1 aromatic heterocycles. The quantitative estimate of drug-likeness (QED) is 0.645. The van der Waals surface area contributed by atoms with E-state index in [0.29, 0.717) is 26.1 Å². The van der Waals surface area contributed by atoms with Crippen LogP contribution in [-0.4, -0.2) is 34.5 Å². The van der Waals surface area contributed by atoms with Crippen molar-refractivity contribution in [2.45, 2.75) is 26.3 Å². The van der Waals surface area contributed by atoms with Gasteiger partial charge < -0.3 is 15.6 Å². The zero-order valence-electron chi connectivity index (χ0n) is 12.5. The molecular weight excluding hydrogens is 284 g/mol. The summed E-state index contributed by atoms with van der Waals surface area (Å²) in [5.74, 6) is -0.258. The van der Waals surface area contributed by atoms with E-state index in [0.717, 1.165) is 11.0 Å². The van der Waals surface area contributed by atoms with Crippen LogP contribution in [-0.2, 0) is 16.1 Å². The second-order valence-corrected chi connectivity index (χ2v) is 5.04. The fourth-order valence-corrected chi connectivity index (χ4v) is 2.23. The Bertz CT molecular complexity index is 717. The zero-order valence-corrected chi connectivity index (χ0v) is 12.5. The van der Waals surface area contributed by atoms with Crippen LogP contribution in [0.15, 0.2) is 29.1 Å². The Morgan fingerprint density at radius 2 is 1.95 bits per heavy atom. The van der Waals surface area contributed by atoms with E-state index in [2.05, 4.69) is 15.6 Å². The molecule has 2 aromatic rings. The molecule has 0 aliphatic heterocycles. The van der Waals surface area contributed by atoms with Crippen LogP contribution < -0.4 is 16.3 Å². The maximum absolute atomic E-state index is 11.9. The summed E-state index contributed by atoms with van der Waals surface area (Å²) < 4.78 is 1.67. The highest BCUT2D eigenvalue weighted by Gasteiger charge is 2.06. The van der Waals surface area contributed by atoms with Gasteiger partial charge in [0.05, 0.1) is 11.0 Å². The SMILES string of the molecule is CC(=O)NCCC(=O)NCCCn1c(=O)[nH]c2ccccc21. The van der Waals surface area contributed by atoms with Crippen LogP contribution in [0.3, 0.4) is 0 Å². The monoisotopic (exact) mass is 304 g/mol. The number of benzene rings is 1. The van der Waals surface area contributed by atoms with E-state index in [1.807, 2.05) is 24.3 Å². The van der Waals surface area contributed by atoms with Gasteiger partial charge in [-0.2, -0.15) is 0 Å². The van der Waals surface area contributed by atoms with Crippen molar-refractivity contribution in [1.29, 1.82) is 0 Å². The number of H-pyrrole nitrogens is 1. The van der Waals surface area contributed by atoms with Gasteiger partial charge >= 0.3 is 5.69 Å². The number of nitrogens with one attached hydrogen (secondary N) is 3. The fourth-order valence-electron chi connectivity index (χ4n) is 2.23. The lowest BCUT2D eigenvalue weighted by atomic mass is 10.3. The molecule has 0 spiro atoms. The molecule has 0 unspecified atom stereocenters. The van der Waals surface area contributed by atoms with Gasteiger partial charge in [-0.1, -0.05) is 12.1 Å². The predicted octanol–water partition coefficient (Wildman–Crippen LogP) is 0.362. The minimum atomic E-state index is -0.147. The highest BCUT2D eigenvalue weighted by Crippen LogP contribution is 2.08. The number of imidazole rings is 1. The highest BCUT2D eigenvalue weighted by molar-refractivity contribution is 5.77. The van der Waals surface area contributed by atoms with Gasteiger partial charge in [0.15, 0.2) is 0 Å². The van der Waals surface area contributed by atoms with Gasteiger partial charge in [0.25, 0.3) is 0 Å². The standard InChI is InChI=1S/C15H20N4O3/c1-11(20)16-9-7-14(21)17-8-4-10-19-13-6-3-2-5-12(13)18-15(19)22/h2-3,5-6H,4,7-10H2,1H3,(H,16,20)(H,17,21)(H,18,22). The molecule has 1 aromatic carbocycles. The van der Waals surface area contributed by atoms with Crippen molar-refractivity contribution >= 4 is 22.8 Å². The normalized spacial score (nSPS) is 10.6. The molecule has 22 heavy (non-hydrogen) atoms. The Labute approximate surface area is 127 Å². The number of hydrogen-bond donors (Lipinski definition) is 3. The van der Waals surface area contributed by atoms with Crippen LogP contribution in [0.5, 0.6) is 0 Å². The second kappa shape index (κ2) is 7.44. The Kier molecular flexibility index (Phi) is 5.35. The van der Waals surface area contributed by atoms with E-state index in [-0.39, 0.29) is 23.9 Å². The average molecular weight is 304 g/mol. The van der Waals surface area contributed by atoms with Crippen LogP contribution >= 0.6 is 0 Å². The molecule has 1 heterocycles. The summed E-state index contributed by atoms with van der Waals surface area (Å²) in [6, 6.07) is 7.50. The number of aromatic nitrogens is 2. The first-order valence-corrected chi connectivity index (χ1v) is 7.26. The van der Waals surface area contributed by atoms with Gasteiger partial charge in [0.2, 0.25) is 11.8 Å². The van der Waals surface area contributed by atoms with Crippen LogP contribution in [0.1, 0.15) is 19.8 Å². The fraction of sp³-hybridized carbons (Fsp3) is 0.400. The molecule has 0 saturated carbocycles. The molecule has 118 valence electrons. The van der Waals surface area contributed by atoms with Crippen molar-refractivity contribution in [3.63, 3.8) is 0 Å². The summed E-state index contributed by atoms with van der Waals surface area (Å²) in [4.78, 5) is 36.9. The van der Waals surface area contributed by atoms with Crippen molar-refractivity contribution in [2.24, 2.45) is 0 Å². The summed E-state index contributed by atoms with van der Waals surface area (Å²) in [6.45, 7) is 2.78. The van der Waals surface area contributed by atoms with Crippen LogP contribution in [0.25, 0.3) is 11.0 Å². The van der Waals surface area contributed by atoms with E-state index in [9.17, 15) is 14.4 Å². The predicted molar refractivity (Wildman–Crippen MR) is 83.5 cm³/mol.